The van der Waals surface area contributed by atoms with Gasteiger partial charge in [0.05, 0.1) is 5.02 Å². The van der Waals surface area contributed by atoms with E-state index in [4.69, 9.17) is 34.8 Å². The van der Waals surface area contributed by atoms with E-state index in [0.29, 0.717) is 15.6 Å². The number of halogens is 3. The van der Waals surface area contributed by atoms with E-state index in [2.05, 4.69) is 0 Å². The summed E-state index contributed by atoms with van der Waals surface area (Å²) in [4.78, 5) is 12.9. The monoisotopic (exact) mass is 316 g/mol. The van der Waals surface area contributed by atoms with Crippen molar-refractivity contribution in [2.45, 2.75) is 9.79 Å². The van der Waals surface area contributed by atoms with Crippen molar-refractivity contribution in [3.63, 3.8) is 0 Å². The highest BCUT2D eigenvalue weighted by molar-refractivity contribution is 7.99. The molecule has 2 aromatic rings. The number of rotatable bonds is 3. The summed E-state index contributed by atoms with van der Waals surface area (Å²) < 4.78 is 0. The SMILES string of the molecule is O=C(Cl)c1ccccc1Sc1ccc(Cl)cc1Cl. The molecule has 0 saturated carbocycles. The molecule has 0 aromatic heterocycles. The second kappa shape index (κ2) is 5.98. The maximum Gasteiger partial charge on any atom is 0.253 e. The van der Waals surface area contributed by atoms with Crippen molar-refractivity contribution in [3.05, 3.63) is 58.1 Å². The van der Waals surface area contributed by atoms with Gasteiger partial charge in [-0.05, 0) is 41.9 Å². The summed E-state index contributed by atoms with van der Waals surface area (Å²) in [7, 11) is 0. The molecule has 5 heteroatoms. The minimum absolute atomic E-state index is 0.468. The second-order valence-corrected chi connectivity index (χ2v) is 5.72. The Morgan fingerprint density at radius 2 is 1.72 bits per heavy atom. The number of hydrogen-bond donors (Lipinski definition) is 0. The van der Waals surface area contributed by atoms with Crippen molar-refractivity contribution < 1.29 is 4.79 Å². The van der Waals surface area contributed by atoms with Gasteiger partial charge in [0.2, 0.25) is 0 Å². The Labute approximate surface area is 124 Å². The highest BCUT2D eigenvalue weighted by Gasteiger charge is 2.11. The third-order valence-corrected chi connectivity index (χ3v) is 4.23. The van der Waals surface area contributed by atoms with Gasteiger partial charge in [0, 0.05) is 20.4 Å². The molecule has 0 unspecified atom stereocenters. The Hall–Kier alpha value is -0.670. The van der Waals surface area contributed by atoms with Crippen LogP contribution >= 0.6 is 46.6 Å². The summed E-state index contributed by atoms with van der Waals surface area (Å²) in [5, 5.41) is 0.638. The van der Waals surface area contributed by atoms with E-state index in [9.17, 15) is 4.79 Å². The largest absolute Gasteiger partial charge is 0.276 e. The number of benzene rings is 2. The molecule has 18 heavy (non-hydrogen) atoms. The Morgan fingerprint density at radius 1 is 1.00 bits per heavy atom. The molecule has 0 aliphatic carbocycles. The van der Waals surface area contributed by atoms with E-state index in [1.54, 1.807) is 24.3 Å². The highest BCUT2D eigenvalue weighted by atomic mass is 35.5. The minimum atomic E-state index is -0.483. The van der Waals surface area contributed by atoms with Crippen molar-refractivity contribution >= 4 is 51.8 Å². The molecule has 0 radical (unpaired) electrons. The van der Waals surface area contributed by atoms with Crippen LogP contribution in [0.1, 0.15) is 10.4 Å². The first-order valence-electron chi connectivity index (χ1n) is 4.99. The third-order valence-electron chi connectivity index (χ3n) is 2.21. The molecule has 0 aliphatic heterocycles. The van der Waals surface area contributed by atoms with E-state index < -0.39 is 5.24 Å². The second-order valence-electron chi connectivity index (χ2n) is 3.45. The maximum absolute atomic E-state index is 11.3. The molecule has 0 fully saturated rings. The van der Waals surface area contributed by atoms with Gasteiger partial charge in [-0.1, -0.05) is 47.1 Å². The number of carbonyl (C=O) groups is 1. The summed E-state index contributed by atoms with van der Waals surface area (Å²) in [5.41, 5.74) is 0.468. The molecule has 92 valence electrons. The molecule has 2 rings (SSSR count). The van der Waals surface area contributed by atoms with Crippen molar-refractivity contribution in [1.29, 1.82) is 0 Å². The lowest BCUT2D eigenvalue weighted by atomic mass is 10.2. The summed E-state index contributed by atoms with van der Waals surface area (Å²) in [6, 6.07) is 12.3. The van der Waals surface area contributed by atoms with Gasteiger partial charge < -0.3 is 0 Å². The van der Waals surface area contributed by atoms with Gasteiger partial charge in [0.25, 0.3) is 5.24 Å². The molecule has 2 aromatic carbocycles. The summed E-state index contributed by atoms with van der Waals surface area (Å²) in [6.45, 7) is 0. The highest BCUT2D eigenvalue weighted by Crippen LogP contribution is 2.36. The van der Waals surface area contributed by atoms with Crippen LogP contribution in [0.25, 0.3) is 0 Å². The van der Waals surface area contributed by atoms with Gasteiger partial charge in [-0.3, -0.25) is 4.79 Å². The predicted octanol–water partition coefficient (Wildman–Crippen LogP) is 5.52. The van der Waals surface area contributed by atoms with Crippen molar-refractivity contribution in [1.82, 2.24) is 0 Å². The lowest BCUT2D eigenvalue weighted by Gasteiger charge is -2.07. The van der Waals surface area contributed by atoms with Crippen LogP contribution in [0.15, 0.2) is 52.3 Å². The van der Waals surface area contributed by atoms with Crippen LogP contribution in [-0.4, -0.2) is 5.24 Å². The van der Waals surface area contributed by atoms with Crippen LogP contribution in [0, 0.1) is 0 Å². The normalized spacial score (nSPS) is 10.4. The van der Waals surface area contributed by atoms with Crippen LogP contribution in [0.3, 0.4) is 0 Å². The lowest BCUT2D eigenvalue weighted by Crippen LogP contribution is -1.91. The van der Waals surface area contributed by atoms with E-state index in [-0.39, 0.29) is 0 Å². The fraction of sp³-hybridized carbons (Fsp3) is 0. The Balaban J connectivity index is 2.37. The van der Waals surface area contributed by atoms with Gasteiger partial charge in [0.15, 0.2) is 0 Å². The Kier molecular flexibility index (Phi) is 4.57. The van der Waals surface area contributed by atoms with Gasteiger partial charge in [-0.2, -0.15) is 0 Å². The number of hydrogen-bond acceptors (Lipinski definition) is 2. The number of carbonyl (C=O) groups excluding carboxylic acids is 1. The van der Waals surface area contributed by atoms with Crippen molar-refractivity contribution in [3.8, 4) is 0 Å². The lowest BCUT2D eigenvalue weighted by molar-refractivity contribution is 0.107. The fourth-order valence-electron chi connectivity index (χ4n) is 1.39. The Morgan fingerprint density at radius 3 is 2.39 bits per heavy atom. The quantitative estimate of drug-likeness (QED) is 0.693. The zero-order valence-corrected chi connectivity index (χ0v) is 12.1. The van der Waals surface area contributed by atoms with Crippen LogP contribution in [0.5, 0.6) is 0 Å². The predicted molar refractivity (Wildman–Crippen MR) is 77.2 cm³/mol. The van der Waals surface area contributed by atoms with Gasteiger partial charge in [-0.15, -0.1) is 0 Å². The first-order chi connectivity index (χ1) is 8.58. The smallest absolute Gasteiger partial charge is 0.253 e. The molecule has 0 heterocycles. The van der Waals surface area contributed by atoms with Gasteiger partial charge in [0.1, 0.15) is 0 Å². The maximum atomic E-state index is 11.3. The van der Waals surface area contributed by atoms with Crippen LogP contribution in [0.2, 0.25) is 10.0 Å². The van der Waals surface area contributed by atoms with E-state index in [1.165, 1.54) is 11.8 Å². The molecule has 1 nitrogen and oxygen atoms in total. The van der Waals surface area contributed by atoms with Crippen LogP contribution in [-0.2, 0) is 0 Å². The van der Waals surface area contributed by atoms with Crippen LogP contribution in [0.4, 0.5) is 0 Å². The molecule has 0 amide bonds. The topological polar surface area (TPSA) is 17.1 Å². The summed E-state index contributed by atoms with van der Waals surface area (Å²) >= 11 is 18.8. The molecule has 0 aliphatic rings. The molecule has 0 saturated heterocycles. The molecular formula is C13H7Cl3OS. The summed E-state index contributed by atoms with van der Waals surface area (Å²) in [6.07, 6.45) is 0. The molecule has 0 spiro atoms. The Bertz CT molecular complexity index is 599. The third kappa shape index (κ3) is 3.21. The van der Waals surface area contributed by atoms with Gasteiger partial charge >= 0.3 is 0 Å². The van der Waals surface area contributed by atoms with Crippen molar-refractivity contribution in [2.75, 3.05) is 0 Å². The van der Waals surface area contributed by atoms with Crippen molar-refractivity contribution in [2.24, 2.45) is 0 Å². The minimum Gasteiger partial charge on any atom is -0.276 e. The van der Waals surface area contributed by atoms with Crippen LogP contribution < -0.4 is 0 Å². The summed E-state index contributed by atoms with van der Waals surface area (Å²) in [5.74, 6) is 0. The average molecular weight is 318 g/mol. The van der Waals surface area contributed by atoms with E-state index in [0.717, 1.165) is 9.79 Å². The molecule has 0 bridgehead atoms. The zero-order valence-electron chi connectivity index (χ0n) is 8.99. The first kappa shape index (κ1) is 13.8. The van der Waals surface area contributed by atoms with E-state index >= 15 is 0 Å². The fourth-order valence-corrected chi connectivity index (χ4v) is 3.09. The molecule has 0 atom stereocenters. The molecular weight excluding hydrogens is 311 g/mol. The first-order valence-corrected chi connectivity index (χ1v) is 6.95. The van der Waals surface area contributed by atoms with Gasteiger partial charge in [-0.25, -0.2) is 0 Å². The average Bonchev–Trinajstić information content (AvgIpc) is 2.33. The van der Waals surface area contributed by atoms with E-state index in [1.807, 2.05) is 18.2 Å². The molecule has 0 N–H and O–H groups in total. The zero-order chi connectivity index (χ0) is 13.1. The standard InChI is InChI=1S/C13H7Cl3OS/c14-8-5-6-12(10(15)7-8)18-11-4-2-1-3-9(11)13(16)17/h1-7H.